The number of hydrogen-bond donors (Lipinski definition) is 0. The van der Waals surface area contributed by atoms with Gasteiger partial charge in [0, 0.05) is 15.9 Å². The molecule has 3 aromatic rings. The Balaban J connectivity index is 0.000000223. The summed E-state index contributed by atoms with van der Waals surface area (Å²) in [6.07, 6.45) is 3.01. The van der Waals surface area contributed by atoms with Gasteiger partial charge < -0.3 is 0 Å². The first-order chi connectivity index (χ1) is 12.3. The summed E-state index contributed by atoms with van der Waals surface area (Å²) in [5.41, 5.74) is 1.17. The predicted octanol–water partition coefficient (Wildman–Crippen LogP) is 6.86. The zero-order valence-electron chi connectivity index (χ0n) is 14.1. The molecule has 0 amide bonds. The molecule has 3 rings (SSSR count). The largest absolute Gasteiger partial charge is 0.193 e. The number of benzene rings is 3. The van der Waals surface area contributed by atoms with Crippen molar-refractivity contribution in [1.82, 2.24) is 0 Å². The fourth-order valence-corrected chi connectivity index (χ4v) is 2.56. The molecule has 0 radical (unpaired) electrons. The second-order valence-corrected chi connectivity index (χ2v) is 5.82. The first kappa shape index (κ1) is 20.0. The number of nitrogens with zero attached hydrogens (tertiary/aromatic N) is 1. The summed E-state index contributed by atoms with van der Waals surface area (Å²) in [5.74, 6) is 0. The number of nitriles is 1. The van der Waals surface area contributed by atoms with Crippen LogP contribution in [0.1, 0.15) is 5.56 Å². The van der Waals surface area contributed by atoms with E-state index in [9.17, 15) is 0 Å². The van der Waals surface area contributed by atoms with Gasteiger partial charge >= 0.3 is 0 Å². The highest BCUT2D eigenvalue weighted by Crippen LogP contribution is 2.26. The van der Waals surface area contributed by atoms with Crippen molar-refractivity contribution < 1.29 is 0 Å². The highest BCUT2D eigenvalue weighted by molar-refractivity contribution is 7.99. The van der Waals surface area contributed by atoms with Gasteiger partial charge in [0.15, 0.2) is 0 Å². The Morgan fingerprint density at radius 1 is 0.680 bits per heavy atom. The minimum absolute atomic E-state index is 1.17. The van der Waals surface area contributed by atoms with Crippen LogP contribution < -0.4 is 0 Å². The highest BCUT2D eigenvalue weighted by atomic mass is 32.2. The summed E-state index contributed by atoms with van der Waals surface area (Å²) < 4.78 is 0. The second kappa shape index (κ2) is 13.4. The normalized spacial score (nSPS) is 8.44. The lowest BCUT2D eigenvalue weighted by Gasteiger charge is -1.99. The molecule has 0 atom stereocenters. The molecule has 3 aromatic carbocycles. The standard InChI is InChI=1S/C12H10S.C8H8.C3H3N/c1-3-7-11(8-4-1)13-12-9-5-2-6-10-12;1-2-8-6-4-3-5-7-8;1-2-3-4/h1-10H;2-7H,1H2;2H,1H2. The number of hydrogen-bond acceptors (Lipinski definition) is 2. The molecule has 124 valence electrons. The molecule has 1 nitrogen and oxygen atoms in total. The van der Waals surface area contributed by atoms with Gasteiger partial charge in [0.05, 0.1) is 6.07 Å². The summed E-state index contributed by atoms with van der Waals surface area (Å²) in [5, 5.41) is 7.51. The molecule has 0 N–H and O–H groups in total. The first-order valence-corrected chi connectivity index (χ1v) is 8.57. The Bertz CT molecular complexity index is 722. The third-order valence-corrected chi connectivity index (χ3v) is 3.86. The molecule has 0 bridgehead atoms. The van der Waals surface area contributed by atoms with Crippen molar-refractivity contribution >= 4 is 17.8 Å². The highest BCUT2D eigenvalue weighted by Gasteiger charge is 1.93. The Hall–Kier alpha value is -3.02. The average Bonchev–Trinajstić information content (AvgIpc) is 2.71. The van der Waals surface area contributed by atoms with Crippen molar-refractivity contribution in [1.29, 1.82) is 5.26 Å². The molecule has 0 aromatic heterocycles. The Morgan fingerprint density at radius 3 is 1.32 bits per heavy atom. The van der Waals surface area contributed by atoms with E-state index in [2.05, 4.69) is 61.7 Å². The van der Waals surface area contributed by atoms with Crippen molar-refractivity contribution in [3.05, 3.63) is 116 Å². The quantitative estimate of drug-likeness (QED) is 0.485. The molecule has 0 saturated carbocycles. The van der Waals surface area contributed by atoms with Crippen LogP contribution in [-0.4, -0.2) is 0 Å². The minimum Gasteiger partial charge on any atom is -0.193 e. The van der Waals surface area contributed by atoms with Gasteiger partial charge in [-0.1, -0.05) is 97.7 Å². The SMILES string of the molecule is C=CC#N.C=Cc1ccccc1.c1ccc(Sc2ccccc2)cc1. The molecule has 25 heavy (non-hydrogen) atoms. The molecule has 0 spiro atoms. The fourth-order valence-electron chi connectivity index (χ4n) is 1.70. The third kappa shape index (κ3) is 9.65. The predicted molar refractivity (Wildman–Crippen MR) is 109 cm³/mol. The molecule has 0 heterocycles. The molecule has 2 heteroatoms. The van der Waals surface area contributed by atoms with Crippen molar-refractivity contribution in [2.45, 2.75) is 9.79 Å². The average molecular weight is 343 g/mol. The van der Waals surface area contributed by atoms with Crippen LogP contribution in [0.5, 0.6) is 0 Å². The van der Waals surface area contributed by atoms with Gasteiger partial charge in [0.2, 0.25) is 0 Å². The lowest BCUT2D eigenvalue weighted by Crippen LogP contribution is -1.70. The van der Waals surface area contributed by atoms with E-state index in [0.29, 0.717) is 0 Å². The lowest BCUT2D eigenvalue weighted by atomic mass is 10.2. The topological polar surface area (TPSA) is 23.8 Å². The lowest BCUT2D eigenvalue weighted by molar-refractivity contribution is 1.41. The molecule has 0 fully saturated rings. The van der Waals surface area contributed by atoms with Gasteiger partial charge in [0.25, 0.3) is 0 Å². The summed E-state index contributed by atoms with van der Waals surface area (Å²) in [6.45, 7) is 6.75. The van der Waals surface area contributed by atoms with E-state index in [1.165, 1.54) is 21.4 Å². The molecule has 0 aliphatic heterocycles. The van der Waals surface area contributed by atoms with Crippen LogP contribution in [-0.2, 0) is 0 Å². The van der Waals surface area contributed by atoms with Crippen LogP contribution in [0.15, 0.2) is 120 Å². The van der Waals surface area contributed by atoms with Gasteiger partial charge in [-0.25, -0.2) is 0 Å². The van der Waals surface area contributed by atoms with E-state index in [1.807, 2.05) is 48.5 Å². The minimum atomic E-state index is 1.17. The van der Waals surface area contributed by atoms with Gasteiger partial charge in [0.1, 0.15) is 0 Å². The Morgan fingerprint density at radius 2 is 1.04 bits per heavy atom. The summed E-state index contributed by atoms with van der Waals surface area (Å²) in [7, 11) is 0. The molecule has 0 saturated heterocycles. The van der Waals surface area contributed by atoms with Crippen molar-refractivity contribution in [3.8, 4) is 6.07 Å². The van der Waals surface area contributed by atoms with E-state index >= 15 is 0 Å². The number of rotatable bonds is 3. The van der Waals surface area contributed by atoms with Crippen LogP contribution in [0.2, 0.25) is 0 Å². The van der Waals surface area contributed by atoms with Crippen LogP contribution >= 0.6 is 11.8 Å². The molecular formula is C23H21NS. The molecule has 0 aliphatic carbocycles. The van der Waals surface area contributed by atoms with E-state index in [1.54, 1.807) is 17.8 Å². The zero-order valence-corrected chi connectivity index (χ0v) is 14.9. The van der Waals surface area contributed by atoms with Crippen LogP contribution in [0.25, 0.3) is 6.08 Å². The molecule has 0 unspecified atom stereocenters. The van der Waals surface area contributed by atoms with Gasteiger partial charge in [-0.3, -0.25) is 0 Å². The smallest absolute Gasteiger partial charge is 0.0905 e. The monoisotopic (exact) mass is 343 g/mol. The van der Waals surface area contributed by atoms with Gasteiger partial charge in [-0.2, -0.15) is 5.26 Å². The molecular weight excluding hydrogens is 322 g/mol. The Kier molecular flexibility index (Phi) is 10.8. The van der Waals surface area contributed by atoms with Crippen molar-refractivity contribution in [2.24, 2.45) is 0 Å². The molecule has 0 aliphatic rings. The third-order valence-electron chi connectivity index (χ3n) is 2.85. The van der Waals surface area contributed by atoms with Crippen molar-refractivity contribution in [2.75, 3.05) is 0 Å². The Labute approximate surface area is 155 Å². The van der Waals surface area contributed by atoms with E-state index < -0.39 is 0 Å². The van der Waals surface area contributed by atoms with Crippen LogP contribution in [0.4, 0.5) is 0 Å². The summed E-state index contributed by atoms with van der Waals surface area (Å²) in [4.78, 5) is 2.57. The van der Waals surface area contributed by atoms with E-state index in [-0.39, 0.29) is 0 Å². The fraction of sp³-hybridized carbons (Fsp3) is 0. The van der Waals surface area contributed by atoms with Crippen molar-refractivity contribution in [3.63, 3.8) is 0 Å². The number of allylic oxidation sites excluding steroid dienone is 1. The van der Waals surface area contributed by atoms with Crippen LogP contribution in [0, 0.1) is 11.3 Å². The maximum atomic E-state index is 7.51. The maximum absolute atomic E-state index is 7.51. The van der Waals surface area contributed by atoms with E-state index in [0.717, 1.165) is 0 Å². The zero-order chi connectivity index (χ0) is 18.2. The van der Waals surface area contributed by atoms with Gasteiger partial charge in [-0.05, 0) is 29.8 Å². The van der Waals surface area contributed by atoms with E-state index in [4.69, 9.17) is 5.26 Å². The van der Waals surface area contributed by atoms with Gasteiger partial charge in [-0.15, -0.1) is 0 Å². The van der Waals surface area contributed by atoms with Crippen LogP contribution in [0.3, 0.4) is 0 Å². The first-order valence-electron chi connectivity index (χ1n) is 7.76. The maximum Gasteiger partial charge on any atom is 0.0905 e. The second-order valence-electron chi connectivity index (χ2n) is 4.68. The summed E-state index contributed by atoms with van der Waals surface area (Å²) >= 11 is 1.79. The summed E-state index contributed by atoms with van der Waals surface area (Å²) in [6, 6.07) is 32.5.